The molecule has 0 spiro atoms. The third-order valence-corrected chi connectivity index (χ3v) is 2.80. The van der Waals surface area contributed by atoms with Gasteiger partial charge in [0.2, 0.25) is 0 Å². The molecule has 0 N–H and O–H groups in total. The van der Waals surface area contributed by atoms with Crippen LogP contribution < -0.4 is 0 Å². The molecule has 1 saturated heterocycles. The van der Waals surface area contributed by atoms with Gasteiger partial charge in [-0.3, -0.25) is 4.79 Å². The number of nitrogens with zero attached hydrogens (tertiary/aromatic N) is 1. The number of rotatable bonds is 3. The van der Waals surface area contributed by atoms with E-state index >= 15 is 0 Å². The van der Waals surface area contributed by atoms with Crippen molar-refractivity contribution < 1.29 is 13.9 Å². The minimum Gasteiger partial charge on any atom is -0.459 e. The summed E-state index contributed by atoms with van der Waals surface area (Å²) in [5, 5.41) is 0. The number of furan rings is 1. The number of hydrogen-bond donors (Lipinski definition) is 0. The van der Waals surface area contributed by atoms with Crippen LogP contribution in [0.2, 0.25) is 0 Å². The van der Waals surface area contributed by atoms with Crippen molar-refractivity contribution in [2.45, 2.75) is 25.9 Å². The minimum absolute atomic E-state index is 0.0330. The predicted molar refractivity (Wildman–Crippen MR) is 59.3 cm³/mol. The van der Waals surface area contributed by atoms with Gasteiger partial charge in [0.05, 0.1) is 12.4 Å². The Balaban J connectivity index is 1.96. The van der Waals surface area contributed by atoms with E-state index in [1.54, 1.807) is 12.1 Å². The summed E-state index contributed by atoms with van der Waals surface area (Å²) in [6.07, 6.45) is 3.74. The highest BCUT2D eigenvalue weighted by Crippen LogP contribution is 2.16. The fourth-order valence-electron chi connectivity index (χ4n) is 2.05. The van der Waals surface area contributed by atoms with Crippen LogP contribution in [0.5, 0.6) is 0 Å². The monoisotopic (exact) mass is 223 g/mol. The summed E-state index contributed by atoms with van der Waals surface area (Å²) in [6, 6.07) is 3.43. The van der Waals surface area contributed by atoms with Crippen LogP contribution in [0.1, 0.15) is 30.3 Å². The van der Waals surface area contributed by atoms with Gasteiger partial charge in [0, 0.05) is 19.7 Å². The van der Waals surface area contributed by atoms with Gasteiger partial charge in [-0.1, -0.05) is 0 Å². The van der Waals surface area contributed by atoms with E-state index < -0.39 is 0 Å². The van der Waals surface area contributed by atoms with Crippen LogP contribution in [0.25, 0.3) is 0 Å². The van der Waals surface area contributed by atoms with E-state index in [1.165, 1.54) is 6.26 Å². The Morgan fingerprint density at radius 3 is 3.25 bits per heavy atom. The van der Waals surface area contributed by atoms with Gasteiger partial charge in [-0.25, -0.2) is 0 Å². The van der Waals surface area contributed by atoms with E-state index in [2.05, 4.69) is 0 Å². The second-order valence-electron chi connectivity index (χ2n) is 3.95. The Labute approximate surface area is 95.2 Å². The van der Waals surface area contributed by atoms with E-state index in [0.717, 1.165) is 19.4 Å². The van der Waals surface area contributed by atoms with Crippen molar-refractivity contribution in [1.29, 1.82) is 0 Å². The Morgan fingerprint density at radius 2 is 2.56 bits per heavy atom. The number of amides is 1. The number of piperidine rings is 1. The molecule has 2 rings (SSSR count). The molecule has 0 aliphatic carbocycles. The first-order valence-electron chi connectivity index (χ1n) is 5.75. The maximum atomic E-state index is 12.0. The molecule has 1 aliphatic rings. The summed E-state index contributed by atoms with van der Waals surface area (Å²) in [7, 11) is 0. The third-order valence-electron chi connectivity index (χ3n) is 2.80. The summed E-state index contributed by atoms with van der Waals surface area (Å²) in [5.74, 6) is 0.381. The van der Waals surface area contributed by atoms with Gasteiger partial charge in [-0.05, 0) is 31.9 Å². The Bertz CT molecular complexity index is 332. The van der Waals surface area contributed by atoms with E-state index in [0.29, 0.717) is 18.9 Å². The molecule has 1 unspecified atom stereocenters. The van der Waals surface area contributed by atoms with Crippen molar-refractivity contribution in [2.24, 2.45) is 0 Å². The summed E-state index contributed by atoms with van der Waals surface area (Å²) in [4.78, 5) is 13.8. The molecule has 88 valence electrons. The molecule has 0 bridgehead atoms. The van der Waals surface area contributed by atoms with Gasteiger partial charge in [0.25, 0.3) is 5.91 Å². The smallest absolute Gasteiger partial charge is 0.289 e. The highest BCUT2D eigenvalue weighted by molar-refractivity contribution is 5.91. The van der Waals surface area contributed by atoms with Crippen LogP contribution in [-0.2, 0) is 4.74 Å². The van der Waals surface area contributed by atoms with Crippen molar-refractivity contribution in [2.75, 3.05) is 19.7 Å². The molecule has 1 atom stereocenters. The van der Waals surface area contributed by atoms with Gasteiger partial charge < -0.3 is 14.1 Å². The van der Waals surface area contributed by atoms with Crippen LogP contribution in [0, 0.1) is 0 Å². The Hall–Kier alpha value is -1.29. The Kier molecular flexibility index (Phi) is 3.62. The number of ether oxygens (including phenoxy) is 1. The van der Waals surface area contributed by atoms with Crippen LogP contribution >= 0.6 is 0 Å². The van der Waals surface area contributed by atoms with Crippen LogP contribution in [0.3, 0.4) is 0 Å². The molecular formula is C12H17NO3. The molecule has 1 amide bonds. The highest BCUT2D eigenvalue weighted by atomic mass is 16.5. The first-order chi connectivity index (χ1) is 7.81. The van der Waals surface area contributed by atoms with E-state index in [9.17, 15) is 4.79 Å². The van der Waals surface area contributed by atoms with Crippen molar-refractivity contribution in [3.05, 3.63) is 24.2 Å². The topological polar surface area (TPSA) is 42.7 Å². The van der Waals surface area contributed by atoms with Gasteiger partial charge >= 0.3 is 0 Å². The first kappa shape index (κ1) is 11.2. The normalized spacial score (nSPS) is 21.1. The molecule has 4 heteroatoms. The molecule has 1 fully saturated rings. The molecule has 1 aromatic heterocycles. The molecule has 2 heterocycles. The molecule has 0 aromatic carbocycles. The summed E-state index contributed by atoms with van der Waals surface area (Å²) >= 11 is 0. The largest absolute Gasteiger partial charge is 0.459 e. The average molecular weight is 223 g/mol. The predicted octanol–water partition coefficient (Wildman–Crippen LogP) is 1.92. The van der Waals surface area contributed by atoms with Gasteiger partial charge in [-0.15, -0.1) is 0 Å². The fourth-order valence-corrected chi connectivity index (χ4v) is 2.05. The summed E-state index contributed by atoms with van der Waals surface area (Å²) in [6.45, 7) is 4.15. The first-order valence-corrected chi connectivity index (χ1v) is 5.75. The van der Waals surface area contributed by atoms with Crippen LogP contribution in [0.4, 0.5) is 0 Å². The van der Waals surface area contributed by atoms with Crippen molar-refractivity contribution in [3.8, 4) is 0 Å². The lowest BCUT2D eigenvalue weighted by Gasteiger charge is -2.31. The van der Waals surface area contributed by atoms with E-state index in [4.69, 9.17) is 9.15 Å². The number of hydrogen-bond acceptors (Lipinski definition) is 3. The lowest BCUT2D eigenvalue weighted by molar-refractivity contribution is 0.00617. The standard InChI is InChI=1S/C12H17NO3/c1-2-15-10-5-3-7-13(9-10)12(14)11-6-4-8-16-11/h4,6,8,10H,2-3,5,7,9H2,1H3. The lowest BCUT2D eigenvalue weighted by atomic mass is 10.1. The zero-order chi connectivity index (χ0) is 11.4. The average Bonchev–Trinajstić information content (AvgIpc) is 2.82. The molecule has 0 radical (unpaired) electrons. The summed E-state index contributed by atoms with van der Waals surface area (Å²) in [5.41, 5.74) is 0. The maximum absolute atomic E-state index is 12.0. The highest BCUT2D eigenvalue weighted by Gasteiger charge is 2.25. The second kappa shape index (κ2) is 5.16. The molecule has 16 heavy (non-hydrogen) atoms. The molecule has 4 nitrogen and oxygen atoms in total. The Morgan fingerprint density at radius 1 is 1.69 bits per heavy atom. The lowest BCUT2D eigenvalue weighted by Crippen LogP contribution is -2.43. The van der Waals surface area contributed by atoms with Gasteiger partial charge in [0.15, 0.2) is 5.76 Å². The minimum atomic E-state index is -0.0330. The van der Waals surface area contributed by atoms with Crippen molar-refractivity contribution >= 4 is 5.91 Å². The van der Waals surface area contributed by atoms with E-state index in [-0.39, 0.29) is 12.0 Å². The summed E-state index contributed by atoms with van der Waals surface area (Å²) < 4.78 is 10.7. The molecule has 0 saturated carbocycles. The third kappa shape index (κ3) is 2.44. The van der Waals surface area contributed by atoms with Gasteiger partial charge in [0.1, 0.15) is 0 Å². The number of carbonyl (C=O) groups is 1. The molecular weight excluding hydrogens is 206 g/mol. The second-order valence-corrected chi connectivity index (χ2v) is 3.95. The number of carbonyl (C=O) groups excluding carboxylic acids is 1. The van der Waals surface area contributed by atoms with E-state index in [1.807, 2.05) is 11.8 Å². The van der Waals surface area contributed by atoms with Crippen molar-refractivity contribution in [1.82, 2.24) is 4.90 Å². The fraction of sp³-hybridized carbons (Fsp3) is 0.583. The zero-order valence-corrected chi connectivity index (χ0v) is 9.52. The van der Waals surface area contributed by atoms with Crippen molar-refractivity contribution in [3.63, 3.8) is 0 Å². The van der Waals surface area contributed by atoms with Gasteiger partial charge in [-0.2, -0.15) is 0 Å². The quantitative estimate of drug-likeness (QED) is 0.786. The van der Waals surface area contributed by atoms with Crippen LogP contribution in [0.15, 0.2) is 22.8 Å². The zero-order valence-electron chi connectivity index (χ0n) is 9.52. The molecule has 1 aliphatic heterocycles. The van der Waals surface area contributed by atoms with Crippen LogP contribution in [-0.4, -0.2) is 36.6 Å². The SMILES string of the molecule is CCOC1CCCN(C(=O)c2ccco2)C1. The molecule has 1 aromatic rings. The maximum Gasteiger partial charge on any atom is 0.289 e. The number of likely N-dealkylation sites (tertiary alicyclic amines) is 1.